The van der Waals surface area contributed by atoms with Gasteiger partial charge in [-0.15, -0.1) is 0 Å². The Labute approximate surface area is 199 Å². The van der Waals surface area contributed by atoms with Crippen LogP contribution in [0, 0.1) is 0 Å². The van der Waals surface area contributed by atoms with Gasteiger partial charge in [0.15, 0.2) is 0 Å². The smallest absolute Gasteiger partial charge is 0.250 e. The number of nitrogens with one attached hydrogen (secondary N) is 2. The second-order valence-electron chi connectivity index (χ2n) is 9.10. The third-order valence-electron chi connectivity index (χ3n) is 6.71. The summed E-state index contributed by atoms with van der Waals surface area (Å²) >= 11 is 0. The van der Waals surface area contributed by atoms with Crippen LogP contribution in [0.4, 0.5) is 5.69 Å². The Morgan fingerprint density at radius 3 is 2.21 bits per heavy atom. The number of rotatable bonds is 7. The molecule has 0 unspecified atom stereocenters. The summed E-state index contributed by atoms with van der Waals surface area (Å²) in [5, 5.41) is 12.4. The zero-order valence-electron chi connectivity index (χ0n) is 19.3. The van der Waals surface area contributed by atoms with Crippen LogP contribution in [0.3, 0.4) is 0 Å². The number of benzene rings is 4. The molecule has 4 aromatic rings. The molecule has 0 atom stereocenters. The maximum absolute atomic E-state index is 12.8. The molecule has 0 aromatic heterocycles. The third kappa shape index (κ3) is 4.74. The van der Waals surface area contributed by atoms with E-state index >= 15 is 0 Å². The molecule has 4 N–H and O–H groups in total. The topological polar surface area (TPSA) is 87.5 Å². The van der Waals surface area contributed by atoms with Gasteiger partial charge in [0.05, 0.1) is 17.8 Å². The van der Waals surface area contributed by atoms with Crippen molar-refractivity contribution in [2.24, 2.45) is 5.73 Å². The van der Waals surface area contributed by atoms with Crippen LogP contribution in [0.2, 0.25) is 0 Å². The molecular weight excluding hydrogens is 424 g/mol. The fraction of sp³-hybridized carbons (Fsp3) is 0.286. The van der Waals surface area contributed by atoms with Crippen molar-refractivity contribution < 1.29 is 9.59 Å². The van der Waals surface area contributed by atoms with Crippen molar-refractivity contribution in [3.8, 4) is 0 Å². The van der Waals surface area contributed by atoms with Gasteiger partial charge in [0, 0.05) is 18.5 Å². The molecule has 2 amide bonds. The summed E-state index contributed by atoms with van der Waals surface area (Å²) in [6.07, 6.45) is 3.81. The summed E-state index contributed by atoms with van der Waals surface area (Å²) in [5.41, 5.74) is 6.45. The van der Waals surface area contributed by atoms with Gasteiger partial charge in [-0.3, -0.25) is 9.59 Å². The van der Waals surface area contributed by atoms with E-state index in [9.17, 15) is 9.59 Å². The molecule has 0 saturated carbocycles. The summed E-state index contributed by atoms with van der Waals surface area (Å²) in [7, 11) is 0. The predicted octanol–water partition coefficient (Wildman–Crippen LogP) is 4.26. The van der Waals surface area contributed by atoms with Crippen molar-refractivity contribution >= 4 is 49.8 Å². The van der Waals surface area contributed by atoms with Crippen molar-refractivity contribution in [3.05, 3.63) is 66.2 Å². The molecule has 6 heteroatoms. The quantitative estimate of drug-likeness (QED) is 0.288. The maximum atomic E-state index is 12.8. The van der Waals surface area contributed by atoms with Crippen molar-refractivity contribution in [3.63, 3.8) is 0 Å². The molecule has 0 radical (unpaired) electrons. The highest BCUT2D eigenvalue weighted by Gasteiger charge is 2.16. The molecule has 4 aromatic carbocycles. The third-order valence-corrected chi connectivity index (χ3v) is 6.71. The molecule has 1 aliphatic rings. The van der Waals surface area contributed by atoms with Crippen LogP contribution in [0.25, 0.3) is 32.3 Å². The van der Waals surface area contributed by atoms with Crippen molar-refractivity contribution in [1.29, 1.82) is 0 Å². The van der Waals surface area contributed by atoms with E-state index in [1.807, 2.05) is 24.3 Å². The lowest BCUT2D eigenvalue weighted by molar-refractivity contribution is -0.115. The van der Waals surface area contributed by atoms with Gasteiger partial charge in [-0.05, 0) is 83.2 Å². The summed E-state index contributed by atoms with van der Waals surface area (Å²) in [5.74, 6) is -0.749. The Morgan fingerprint density at radius 2 is 1.50 bits per heavy atom. The molecular formula is C28H30N4O2. The van der Waals surface area contributed by atoms with Crippen molar-refractivity contribution in [1.82, 2.24) is 10.2 Å². The molecule has 0 aliphatic carbocycles. The summed E-state index contributed by atoms with van der Waals surface area (Å²) < 4.78 is 0. The largest absolute Gasteiger partial charge is 0.366 e. The zero-order chi connectivity index (χ0) is 23.5. The van der Waals surface area contributed by atoms with Gasteiger partial charge in [0.1, 0.15) is 0 Å². The number of fused-ring (bicyclic) bond motifs is 3. The molecule has 174 valence electrons. The Bertz CT molecular complexity index is 1380. The average molecular weight is 455 g/mol. The first kappa shape index (κ1) is 22.3. The molecule has 6 nitrogen and oxygen atoms in total. The van der Waals surface area contributed by atoms with Crippen molar-refractivity contribution in [2.45, 2.75) is 19.3 Å². The van der Waals surface area contributed by atoms with Crippen LogP contribution < -0.4 is 16.4 Å². The normalized spacial score (nSPS) is 14.6. The van der Waals surface area contributed by atoms with Crippen LogP contribution in [0.15, 0.2) is 60.7 Å². The van der Waals surface area contributed by atoms with Gasteiger partial charge in [0.2, 0.25) is 5.91 Å². The number of hydrogen-bond donors (Lipinski definition) is 3. The van der Waals surface area contributed by atoms with Gasteiger partial charge >= 0.3 is 0 Å². The summed E-state index contributed by atoms with van der Waals surface area (Å²) in [6.45, 7) is 4.14. The maximum Gasteiger partial charge on any atom is 0.250 e. The molecule has 34 heavy (non-hydrogen) atoms. The fourth-order valence-corrected chi connectivity index (χ4v) is 4.91. The average Bonchev–Trinajstić information content (AvgIpc) is 2.85. The highest BCUT2D eigenvalue weighted by molar-refractivity contribution is 6.15. The summed E-state index contributed by atoms with van der Waals surface area (Å²) in [4.78, 5) is 27.4. The molecule has 0 bridgehead atoms. The van der Waals surface area contributed by atoms with Crippen LogP contribution in [0.1, 0.15) is 29.6 Å². The van der Waals surface area contributed by atoms with Crippen LogP contribution in [-0.4, -0.2) is 49.4 Å². The lowest BCUT2D eigenvalue weighted by Gasteiger charge is -2.26. The Hall–Kier alpha value is -3.48. The van der Waals surface area contributed by atoms with E-state index in [0.29, 0.717) is 11.3 Å². The van der Waals surface area contributed by atoms with E-state index in [1.165, 1.54) is 24.6 Å². The Morgan fingerprint density at radius 1 is 0.824 bits per heavy atom. The fourth-order valence-electron chi connectivity index (χ4n) is 4.91. The molecule has 1 fully saturated rings. The molecule has 1 heterocycles. The van der Waals surface area contributed by atoms with Gasteiger partial charge < -0.3 is 21.3 Å². The first-order valence-electron chi connectivity index (χ1n) is 12.0. The molecule has 1 saturated heterocycles. The standard InChI is InChI=1S/C28H30N4O2/c29-28(34)24-9-8-21-16-22-14-19-6-2-3-7-20(19)15-23(22)17-25(21)27(24)31-26(33)18-30-10-13-32-11-4-1-5-12-32/h2-3,6-9,14-17,30H,1,4-5,10-13,18H2,(H2,29,34)(H,31,33). The van der Waals surface area contributed by atoms with Crippen LogP contribution >= 0.6 is 0 Å². The van der Waals surface area contributed by atoms with Gasteiger partial charge in [-0.25, -0.2) is 0 Å². The minimum atomic E-state index is -0.561. The lowest BCUT2D eigenvalue weighted by Crippen LogP contribution is -2.38. The Balaban J connectivity index is 1.40. The van der Waals surface area contributed by atoms with E-state index < -0.39 is 5.91 Å². The zero-order valence-corrected chi connectivity index (χ0v) is 19.3. The van der Waals surface area contributed by atoms with E-state index in [-0.39, 0.29) is 12.5 Å². The Kier molecular flexibility index (Phi) is 6.43. The van der Waals surface area contributed by atoms with E-state index in [4.69, 9.17) is 5.73 Å². The highest BCUT2D eigenvalue weighted by atomic mass is 16.2. The number of nitrogens with zero attached hydrogens (tertiary/aromatic N) is 1. The number of amides is 2. The second kappa shape index (κ2) is 9.79. The summed E-state index contributed by atoms with van der Waals surface area (Å²) in [6, 6.07) is 20.2. The minimum absolute atomic E-state index is 0.181. The molecule has 0 spiro atoms. The molecule has 5 rings (SSSR count). The number of primary amides is 1. The number of carbonyl (C=O) groups is 2. The molecule has 1 aliphatic heterocycles. The monoisotopic (exact) mass is 454 g/mol. The highest BCUT2D eigenvalue weighted by Crippen LogP contribution is 2.33. The van der Waals surface area contributed by atoms with E-state index in [0.717, 1.165) is 53.1 Å². The first-order valence-corrected chi connectivity index (χ1v) is 12.0. The van der Waals surface area contributed by atoms with E-state index in [1.54, 1.807) is 6.07 Å². The SMILES string of the molecule is NC(=O)c1ccc2cc3cc4ccccc4cc3cc2c1NC(=O)CNCCN1CCCCC1. The number of likely N-dealkylation sites (tertiary alicyclic amines) is 1. The van der Waals surface area contributed by atoms with Crippen LogP contribution in [0.5, 0.6) is 0 Å². The predicted molar refractivity (Wildman–Crippen MR) is 139 cm³/mol. The van der Waals surface area contributed by atoms with E-state index in [2.05, 4.69) is 45.9 Å². The van der Waals surface area contributed by atoms with Gasteiger partial charge in [-0.2, -0.15) is 0 Å². The number of nitrogens with two attached hydrogens (primary N) is 1. The number of anilines is 1. The number of hydrogen-bond acceptors (Lipinski definition) is 4. The second-order valence-corrected chi connectivity index (χ2v) is 9.10. The minimum Gasteiger partial charge on any atom is -0.366 e. The van der Waals surface area contributed by atoms with Gasteiger partial charge in [0.25, 0.3) is 5.91 Å². The van der Waals surface area contributed by atoms with Crippen LogP contribution in [-0.2, 0) is 4.79 Å². The first-order chi connectivity index (χ1) is 16.6. The van der Waals surface area contributed by atoms with Gasteiger partial charge in [-0.1, -0.05) is 36.8 Å². The number of carbonyl (C=O) groups excluding carboxylic acids is 2. The lowest BCUT2D eigenvalue weighted by atomic mass is 9.97. The number of piperidine rings is 1. The van der Waals surface area contributed by atoms with Crippen molar-refractivity contribution in [2.75, 3.05) is 38.0 Å².